The quantitative estimate of drug-likeness (QED) is 0.813. The molecule has 1 saturated heterocycles. The number of nitrogens with zero attached hydrogens (tertiary/aromatic N) is 3. The Morgan fingerprint density at radius 2 is 1.85 bits per heavy atom. The maximum Gasteiger partial charge on any atom is 0.325 e. The van der Waals surface area contributed by atoms with E-state index in [2.05, 4.69) is 9.69 Å². The molecule has 0 saturated carbocycles. The van der Waals surface area contributed by atoms with Gasteiger partial charge in [-0.05, 0) is 24.5 Å². The largest absolute Gasteiger partial charge is 0.465 e. The number of piperazine rings is 1. The Morgan fingerprint density at radius 3 is 2.58 bits per heavy atom. The predicted octanol–water partition coefficient (Wildman–Crippen LogP) is 1.33. The zero-order valence-corrected chi connectivity index (χ0v) is 15.3. The molecular formula is C17H20N4O4S. The summed E-state index contributed by atoms with van der Waals surface area (Å²) in [5, 5.41) is 3.39. The van der Waals surface area contributed by atoms with Crippen LogP contribution in [0.4, 0.5) is 4.79 Å². The number of hydrogen-bond donors (Lipinski definition) is 1. The van der Waals surface area contributed by atoms with Crippen LogP contribution in [0.1, 0.15) is 17.4 Å². The average molecular weight is 376 g/mol. The van der Waals surface area contributed by atoms with Crippen LogP contribution in [-0.4, -0.2) is 71.4 Å². The SMILES string of the molecule is CCOC(=O)CNC(=O)N1CCN(C(=O)c2nsc3ccccc23)CC1. The van der Waals surface area contributed by atoms with E-state index < -0.39 is 5.97 Å². The summed E-state index contributed by atoms with van der Waals surface area (Å²) in [7, 11) is 0. The second kappa shape index (κ2) is 8.13. The third kappa shape index (κ3) is 3.93. The van der Waals surface area contributed by atoms with E-state index in [1.807, 2.05) is 24.3 Å². The Hall–Kier alpha value is -2.68. The maximum absolute atomic E-state index is 12.7. The number of nitrogens with one attached hydrogen (secondary N) is 1. The van der Waals surface area contributed by atoms with Crippen molar-refractivity contribution in [2.45, 2.75) is 6.92 Å². The summed E-state index contributed by atoms with van der Waals surface area (Å²) in [6, 6.07) is 7.31. The molecule has 0 spiro atoms. The first-order valence-corrected chi connectivity index (χ1v) is 9.19. The lowest BCUT2D eigenvalue weighted by molar-refractivity contribution is -0.141. The summed E-state index contributed by atoms with van der Waals surface area (Å²) in [6.45, 7) is 3.50. The number of amides is 3. The molecule has 1 aromatic carbocycles. The zero-order chi connectivity index (χ0) is 18.5. The number of ether oxygens (including phenoxy) is 1. The van der Waals surface area contributed by atoms with Gasteiger partial charge in [0, 0.05) is 31.6 Å². The smallest absolute Gasteiger partial charge is 0.325 e. The summed E-state index contributed by atoms with van der Waals surface area (Å²) in [5.41, 5.74) is 0.464. The van der Waals surface area contributed by atoms with Crippen LogP contribution in [-0.2, 0) is 9.53 Å². The number of carbonyl (C=O) groups is 3. The van der Waals surface area contributed by atoms with Gasteiger partial charge in [-0.3, -0.25) is 9.59 Å². The molecule has 138 valence electrons. The summed E-state index contributed by atoms with van der Waals surface area (Å²) in [5.74, 6) is -0.584. The first kappa shape index (κ1) is 18.1. The second-order valence-electron chi connectivity index (χ2n) is 5.77. The fourth-order valence-corrected chi connectivity index (χ4v) is 3.54. The van der Waals surface area contributed by atoms with Crippen LogP contribution in [0, 0.1) is 0 Å². The van der Waals surface area contributed by atoms with E-state index in [1.165, 1.54) is 11.5 Å². The molecule has 1 N–H and O–H groups in total. The second-order valence-corrected chi connectivity index (χ2v) is 6.58. The molecule has 2 aromatic rings. The minimum atomic E-state index is -0.468. The molecular weight excluding hydrogens is 356 g/mol. The molecule has 3 amide bonds. The van der Waals surface area contributed by atoms with Crippen molar-refractivity contribution in [3.63, 3.8) is 0 Å². The van der Waals surface area contributed by atoms with E-state index in [-0.39, 0.29) is 25.1 Å². The molecule has 0 radical (unpaired) electrons. The van der Waals surface area contributed by atoms with Gasteiger partial charge >= 0.3 is 12.0 Å². The van der Waals surface area contributed by atoms with Crippen molar-refractivity contribution >= 4 is 39.5 Å². The van der Waals surface area contributed by atoms with Crippen LogP contribution < -0.4 is 5.32 Å². The summed E-state index contributed by atoms with van der Waals surface area (Å²) in [6.07, 6.45) is 0. The number of rotatable bonds is 4. The molecule has 3 rings (SSSR count). The van der Waals surface area contributed by atoms with Gasteiger partial charge in [-0.25, -0.2) is 4.79 Å². The van der Waals surface area contributed by atoms with Crippen molar-refractivity contribution in [1.82, 2.24) is 19.5 Å². The van der Waals surface area contributed by atoms with Gasteiger partial charge in [-0.2, -0.15) is 4.37 Å². The highest BCUT2D eigenvalue weighted by Gasteiger charge is 2.27. The van der Waals surface area contributed by atoms with Gasteiger partial charge < -0.3 is 19.9 Å². The lowest BCUT2D eigenvalue weighted by atomic mass is 10.2. The summed E-state index contributed by atoms with van der Waals surface area (Å²) in [4.78, 5) is 39.4. The highest BCUT2D eigenvalue weighted by molar-refractivity contribution is 7.13. The summed E-state index contributed by atoms with van der Waals surface area (Å²) < 4.78 is 10.1. The lowest BCUT2D eigenvalue weighted by Gasteiger charge is -2.34. The van der Waals surface area contributed by atoms with Gasteiger partial charge in [0.25, 0.3) is 5.91 Å². The monoisotopic (exact) mass is 376 g/mol. The Balaban J connectivity index is 1.54. The van der Waals surface area contributed by atoms with Gasteiger partial charge in [0.2, 0.25) is 0 Å². The van der Waals surface area contributed by atoms with Crippen LogP contribution in [0.5, 0.6) is 0 Å². The maximum atomic E-state index is 12.7. The topological polar surface area (TPSA) is 91.8 Å². The highest BCUT2D eigenvalue weighted by Crippen LogP contribution is 2.23. The van der Waals surface area contributed by atoms with Crippen LogP contribution in [0.15, 0.2) is 24.3 Å². The Kier molecular flexibility index (Phi) is 5.67. The van der Waals surface area contributed by atoms with E-state index >= 15 is 0 Å². The van der Waals surface area contributed by atoms with E-state index in [1.54, 1.807) is 16.7 Å². The molecule has 1 aliphatic rings. The number of carbonyl (C=O) groups excluding carboxylic acids is 3. The van der Waals surface area contributed by atoms with Crippen LogP contribution >= 0.6 is 11.5 Å². The fourth-order valence-electron chi connectivity index (χ4n) is 2.77. The normalized spacial score (nSPS) is 14.3. The van der Waals surface area contributed by atoms with E-state index in [4.69, 9.17) is 4.74 Å². The molecule has 1 aliphatic heterocycles. The van der Waals surface area contributed by atoms with Gasteiger partial charge in [0.05, 0.1) is 11.3 Å². The Labute approximate surface area is 154 Å². The van der Waals surface area contributed by atoms with Gasteiger partial charge in [0.1, 0.15) is 12.2 Å². The van der Waals surface area contributed by atoms with Crippen LogP contribution in [0.25, 0.3) is 10.1 Å². The number of benzene rings is 1. The Bertz CT molecular complexity index is 814. The molecule has 1 aromatic heterocycles. The van der Waals surface area contributed by atoms with Crippen molar-refractivity contribution < 1.29 is 19.1 Å². The minimum Gasteiger partial charge on any atom is -0.465 e. The molecule has 0 bridgehead atoms. The van der Waals surface area contributed by atoms with Crippen molar-refractivity contribution in [2.24, 2.45) is 0 Å². The van der Waals surface area contributed by atoms with Crippen LogP contribution in [0.2, 0.25) is 0 Å². The van der Waals surface area contributed by atoms with E-state index in [0.29, 0.717) is 31.9 Å². The molecule has 0 unspecified atom stereocenters. The Morgan fingerprint density at radius 1 is 1.15 bits per heavy atom. The average Bonchev–Trinajstić information content (AvgIpc) is 3.10. The summed E-state index contributed by atoms with van der Waals surface area (Å²) >= 11 is 1.31. The molecule has 0 atom stereocenters. The first-order valence-electron chi connectivity index (χ1n) is 8.42. The fraction of sp³-hybridized carbons (Fsp3) is 0.412. The third-order valence-corrected chi connectivity index (χ3v) is 4.95. The number of esters is 1. The standard InChI is InChI=1S/C17H20N4O4S/c1-2-25-14(22)11-18-17(24)21-9-7-20(8-10-21)16(23)15-12-5-3-4-6-13(12)26-19-15/h3-6H,2,7-11H2,1H3,(H,18,24). The zero-order valence-electron chi connectivity index (χ0n) is 14.4. The number of fused-ring (bicyclic) bond motifs is 1. The van der Waals surface area contributed by atoms with Crippen LogP contribution in [0.3, 0.4) is 0 Å². The van der Waals surface area contributed by atoms with E-state index in [9.17, 15) is 14.4 Å². The molecule has 1 fully saturated rings. The first-order chi connectivity index (χ1) is 12.6. The third-order valence-electron chi connectivity index (χ3n) is 4.12. The number of aromatic nitrogens is 1. The molecule has 0 aliphatic carbocycles. The van der Waals surface area contributed by atoms with Gasteiger partial charge in [-0.1, -0.05) is 18.2 Å². The molecule has 8 nitrogen and oxygen atoms in total. The van der Waals surface area contributed by atoms with Crippen molar-refractivity contribution in [2.75, 3.05) is 39.3 Å². The van der Waals surface area contributed by atoms with Crippen molar-refractivity contribution in [3.05, 3.63) is 30.0 Å². The van der Waals surface area contributed by atoms with Crippen molar-refractivity contribution in [3.8, 4) is 0 Å². The molecule has 9 heteroatoms. The minimum absolute atomic E-state index is 0.117. The lowest BCUT2D eigenvalue weighted by Crippen LogP contribution is -2.53. The highest BCUT2D eigenvalue weighted by atomic mass is 32.1. The van der Waals surface area contributed by atoms with E-state index in [0.717, 1.165) is 10.1 Å². The molecule has 26 heavy (non-hydrogen) atoms. The predicted molar refractivity (Wildman–Crippen MR) is 97.1 cm³/mol. The van der Waals surface area contributed by atoms with Gasteiger partial charge in [0.15, 0.2) is 0 Å². The molecule has 2 heterocycles. The number of urea groups is 1. The van der Waals surface area contributed by atoms with Gasteiger partial charge in [-0.15, -0.1) is 0 Å². The number of hydrogen-bond acceptors (Lipinski definition) is 6. The van der Waals surface area contributed by atoms with Crippen molar-refractivity contribution in [1.29, 1.82) is 0 Å².